The molecule has 0 aliphatic carbocycles. The summed E-state index contributed by atoms with van der Waals surface area (Å²) >= 11 is 0. The molecule has 20 heavy (non-hydrogen) atoms. The Morgan fingerprint density at radius 2 is 2.35 bits per heavy atom. The summed E-state index contributed by atoms with van der Waals surface area (Å²) in [6.07, 6.45) is 1.89. The Kier molecular flexibility index (Phi) is 4.89. The lowest BCUT2D eigenvalue weighted by Crippen LogP contribution is -2.39. The number of ether oxygens (including phenoxy) is 1. The second kappa shape index (κ2) is 6.65. The van der Waals surface area contributed by atoms with Gasteiger partial charge in [-0.25, -0.2) is 9.97 Å². The molecule has 0 radical (unpaired) electrons. The van der Waals surface area contributed by atoms with Crippen LogP contribution in [0.15, 0.2) is 6.07 Å². The Bertz CT molecular complexity index is 458. The van der Waals surface area contributed by atoms with Crippen molar-refractivity contribution in [1.29, 1.82) is 0 Å². The third-order valence-corrected chi connectivity index (χ3v) is 3.41. The maximum absolute atomic E-state index is 11.8. The molecule has 2 heterocycles. The molecule has 1 aliphatic rings. The Labute approximate surface area is 119 Å². The highest BCUT2D eigenvalue weighted by atomic mass is 16.5. The number of aryl methyl sites for hydroxylation is 1. The number of nitrogens with two attached hydrogens (primary N) is 1. The summed E-state index contributed by atoms with van der Waals surface area (Å²) in [6, 6.07) is 1.75. The van der Waals surface area contributed by atoms with Crippen LogP contribution in [0.25, 0.3) is 0 Å². The zero-order valence-corrected chi connectivity index (χ0v) is 12.1. The van der Waals surface area contributed by atoms with Crippen LogP contribution in [0, 0.1) is 12.8 Å². The molecule has 110 valence electrons. The van der Waals surface area contributed by atoms with Crippen LogP contribution in [0.1, 0.15) is 31.3 Å². The zero-order chi connectivity index (χ0) is 14.5. The minimum Gasteiger partial charge on any atom is -0.466 e. The zero-order valence-electron chi connectivity index (χ0n) is 12.1. The number of carbonyl (C=O) groups is 1. The average Bonchev–Trinajstić information content (AvgIpc) is 2.38. The lowest BCUT2D eigenvalue weighted by Gasteiger charge is -2.30. The third kappa shape index (κ3) is 3.90. The number of rotatable bonds is 4. The molecule has 0 aromatic carbocycles. The first-order valence-electron chi connectivity index (χ1n) is 7.07. The van der Waals surface area contributed by atoms with E-state index in [0.717, 1.165) is 25.1 Å². The van der Waals surface area contributed by atoms with Crippen molar-refractivity contribution in [3.8, 4) is 0 Å². The molecule has 1 fully saturated rings. The van der Waals surface area contributed by atoms with Crippen molar-refractivity contribution in [2.45, 2.75) is 33.2 Å². The number of esters is 1. The summed E-state index contributed by atoms with van der Waals surface area (Å²) in [4.78, 5) is 22.6. The normalized spacial score (nSPS) is 19.8. The number of nitrogen functional groups attached to an aromatic ring is 1. The van der Waals surface area contributed by atoms with Gasteiger partial charge in [-0.2, -0.15) is 0 Å². The fourth-order valence-electron chi connectivity index (χ4n) is 2.58. The van der Waals surface area contributed by atoms with Gasteiger partial charge in [0, 0.05) is 18.3 Å². The van der Waals surface area contributed by atoms with Crippen LogP contribution in [0.5, 0.6) is 0 Å². The van der Waals surface area contributed by atoms with Crippen molar-refractivity contribution >= 4 is 11.8 Å². The Balaban J connectivity index is 1.97. The van der Waals surface area contributed by atoms with E-state index in [1.165, 1.54) is 0 Å². The van der Waals surface area contributed by atoms with E-state index in [1.807, 2.05) is 13.8 Å². The van der Waals surface area contributed by atoms with Crippen LogP contribution in [-0.2, 0) is 16.1 Å². The standard InChI is InChI=1S/C14H22N4O2/c1-3-20-14(19)11-5-4-6-18(8-11)9-13-16-10(2)7-12(15)17-13/h7,11H,3-6,8-9H2,1-2H3,(H2,15,16,17). The fourth-order valence-corrected chi connectivity index (χ4v) is 2.58. The van der Waals surface area contributed by atoms with Gasteiger partial charge in [0.25, 0.3) is 0 Å². The van der Waals surface area contributed by atoms with E-state index < -0.39 is 0 Å². The summed E-state index contributed by atoms with van der Waals surface area (Å²) < 4.78 is 5.10. The van der Waals surface area contributed by atoms with Gasteiger partial charge in [0.05, 0.1) is 19.1 Å². The first kappa shape index (κ1) is 14.7. The van der Waals surface area contributed by atoms with E-state index in [1.54, 1.807) is 6.07 Å². The van der Waals surface area contributed by atoms with Gasteiger partial charge in [-0.3, -0.25) is 9.69 Å². The molecule has 0 saturated carbocycles. The Morgan fingerprint density at radius 1 is 1.55 bits per heavy atom. The molecule has 1 aromatic heterocycles. The highest BCUT2D eigenvalue weighted by molar-refractivity contribution is 5.72. The van der Waals surface area contributed by atoms with E-state index >= 15 is 0 Å². The quantitative estimate of drug-likeness (QED) is 0.832. The second-order valence-electron chi connectivity index (χ2n) is 5.18. The molecule has 0 spiro atoms. The van der Waals surface area contributed by atoms with Gasteiger partial charge in [-0.15, -0.1) is 0 Å². The van der Waals surface area contributed by atoms with Crippen molar-refractivity contribution in [1.82, 2.24) is 14.9 Å². The average molecular weight is 278 g/mol. The van der Waals surface area contributed by atoms with Crippen LogP contribution in [-0.4, -0.2) is 40.5 Å². The molecule has 1 aromatic rings. The summed E-state index contributed by atoms with van der Waals surface area (Å²) in [6.45, 7) is 6.46. The number of anilines is 1. The first-order chi connectivity index (χ1) is 9.58. The summed E-state index contributed by atoms with van der Waals surface area (Å²) in [5.41, 5.74) is 6.60. The van der Waals surface area contributed by atoms with Crippen LogP contribution in [0.2, 0.25) is 0 Å². The molecule has 1 saturated heterocycles. The van der Waals surface area contributed by atoms with Crippen molar-refractivity contribution in [2.24, 2.45) is 5.92 Å². The molecular weight excluding hydrogens is 256 g/mol. The predicted octanol–water partition coefficient (Wildman–Crippen LogP) is 1.14. The summed E-state index contributed by atoms with van der Waals surface area (Å²) in [5, 5.41) is 0. The third-order valence-electron chi connectivity index (χ3n) is 3.41. The van der Waals surface area contributed by atoms with Crippen molar-refractivity contribution < 1.29 is 9.53 Å². The van der Waals surface area contributed by atoms with Crippen LogP contribution in [0.3, 0.4) is 0 Å². The van der Waals surface area contributed by atoms with E-state index in [0.29, 0.717) is 31.3 Å². The van der Waals surface area contributed by atoms with Crippen molar-refractivity contribution in [3.05, 3.63) is 17.6 Å². The number of aromatic nitrogens is 2. The van der Waals surface area contributed by atoms with Crippen LogP contribution >= 0.6 is 0 Å². The molecule has 2 rings (SSSR count). The molecule has 1 atom stereocenters. The second-order valence-corrected chi connectivity index (χ2v) is 5.18. The number of hydrogen-bond donors (Lipinski definition) is 1. The lowest BCUT2D eigenvalue weighted by atomic mass is 9.98. The van der Waals surface area contributed by atoms with E-state index in [9.17, 15) is 4.79 Å². The van der Waals surface area contributed by atoms with Crippen molar-refractivity contribution in [3.63, 3.8) is 0 Å². The molecule has 6 heteroatoms. The number of piperidine rings is 1. The fraction of sp³-hybridized carbons (Fsp3) is 0.643. The van der Waals surface area contributed by atoms with E-state index in [-0.39, 0.29) is 11.9 Å². The van der Waals surface area contributed by atoms with Gasteiger partial charge >= 0.3 is 5.97 Å². The topological polar surface area (TPSA) is 81.3 Å². The minimum absolute atomic E-state index is 0.0362. The molecule has 1 aliphatic heterocycles. The number of carbonyl (C=O) groups excluding carboxylic acids is 1. The van der Waals surface area contributed by atoms with Gasteiger partial charge in [0.1, 0.15) is 11.6 Å². The first-order valence-corrected chi connectivity index (χ1v) is 7.07. The Morgan fingerprint density at radius 3 is 3.05 bits per heavy atom. The minimum atomic E-state index is -0.0955. The monoisotopic (exact) mass is 278 g/mol. The molecule has 6 nitrogen and oxygen atoms in total. The summed E-state index contributed by atoms with van der Waals surface area (Å²) in [5.74, 6) is 1.08. The van der Waals surface area contributed by atoms with Gasteiger partial charge in [0.2, 0.25) is 0 Å². The molecule has 0 bridgehead atoms. The Hall–Kier alpha value is -1.69. The number of nitrogens with zero attached hydrogens (tertiary/aromatic N) is 3. The van der Waals surface area contributed by atoms with Gasteiger partial charge < -0.3 is 10.5 Å². The van der Waals surface area contributed by atoms with E-state index in [4.69, 9.17) is 10.5 Å². The van der Waals surface area contributed by atoms with Crippen LogP contribution in [0.4, 0.5) is 5.82 Å². The predicted molar refractivity (Wildman–Crippen MR) is 75.8 cm³/mol. The maximum Gasteiger partial charge on any atom is 0.310 e. The lowest BCUT2D eigenvalue weighted by molar-refractivity contribution is -0.150. The highest BCUT2D eigenvalue weighted by Crippen LogP contribution is 2.19. The molecular formula is C14H22N4O2. The molecule has 0 amide bonds. The number of likely N-dealkylation sites (tertiary alicyclic amines) is 1. The van der Waals surface area contributed by atoms with Gasteiger partial charge in [-0.1, -0.05) is 0 Å². The van der Waals surface area contributed by atoms with Gasteiger partial charge in [0.15, 0.2) is 0 Å². The summed E-state index contributed by atoms with van der Waals surface area (Å²) in [7, 11) is 0. The van der Waals surface area contributed by atoms with Gasteiger partial charge in [-0.05, 0) is 33.2 Å². The van der Waals surface area contributed by atoms with Crippen molar-refractivity contribution in [2.75, 3.05) is 25.4 Å². The smallest absolute Gasteiger partial charge is 0.310 e. The van der Waals surface area contributed by atoms with E-state index in [2.05, 4.69) is 14.9 Å². The van der Waals surface area contributed by atoms with Crippen LogP contribution < -0.4 is 5.73 Å². The highest BCUT2D eigenvalue weighted by Gasteiger charge is 2.27. The molecule has 2 N–H and O–H groups in total. The largest absolute Gasteiger partial charge is 0.466 e. The number of hydrogen-bond acceptors (Lipinski definition) is 6. The SMILES string of the molecule is CCOC(=O)C1CCCN(Cc2nc(C)cc(N)n2)C1. The maximum atomic E-state index is 11.8. The molecule has 1 unspecified atom stereocenters.